The van der Waals surface area contributed by atoms with Crippen molar-refractivity contribution in [2.75, 3.05) is 26.2 Å². The lowest BCUT2D eigenvalue weighted by Crippen LogP contribution is -2.29. The Morgan fingerprint density at radius 3 is 2.67 bits per heavy atom. The zero-order chi connectivity index (χ0) is 13.8. The largest absolute Gasteiger partial charge is 0.478 e. The second-order valence-corrected chi connectivity index (χ2v) is 4.18. The highest BCUT2D eigenvalue weighted by molar-refractivity contribution is 5.95. The van der Waals surface area contributed by atoms with E-state index in [2.05, 4.69) is 0 Å². The van der Waals surface area contributed by atoms with Crippen LogP contribution in [0.5, 0.6) is 0 Å². The predicted octanol–water partition coefficient (Wildman–Crippen LogP) is 0.902. The van der Waals surface area contributed by atoms with Gasteiger partial charge in [-0.3, -0.25) is 4.90 Å². The fourth-order valence-corrected chi connectivity index (χ4v) is 1.62. The molecule has 0 radical (unpaired) electrons. The minimum absolute atomic E-state index is 0.0281. The van der Waals surface area contributed by atoms with Crippen LogP contribution in [0.3, 0.4) is 0 Å². The minimum atomic E-state index is -2.66. The summed E-state index contributed by atoms with van der Waals surface area (Å²) in [6, 6.07) is 0. The van der Waals surface area contributed by atoms with E-state index in [0.717, 1.165) is 6.08 Å². The smallest absolute Gasteiger partial charge is 0.334 e. The Kier molecular flexibility index (Phi) is 4.77. The first-order valence-corrected chi connectivity index (χ1v) is 5.49. The number of halogens is 2. The molecule has 0 aromatic heterocycles. The van der Waals surface area contributed by atoms with Crippen molar-refractivity contribution < 1.29 is 28.2 Å². The van der Waals surface area contributed by atoms with Crippen LogP contribution < -0.4 is 0 Å². The van der Waals surface area contributed by atoms with Gasteiger partial charge in [-0.2, -0.15) is 0 Å². The summed E-state index contributed by atoms with van der Waals surface area (Å²) in [7, 11) is 0. The number of hydrogen-bond donors (Lipinski definition) is 1. The van der Waals surface area contributed by atoms with Crippen LogP contribution in [0, 0.1) is 0 Å². The van der Waals surface area contributed by atoms with E-state index in [-0.39, 0.29) is 38.2 Å². The fraction of sp³-hybridized carbons (Fsp3) is 0.636. The number of esters is 1. The SMILES string of the molecule is C/C(=C\C(=O)O)C(=O)OCCN1CCC(F)(F)C1. The molecule has 1 aliphatic rings. The molecule has 0 amide bonds. The molecule has 1 N–H and O–H groups in total. The van der Waals surface area contributed by atoms with E-state index in [1.807, 2.05) is 0 Å². The molecule has 1 fully saturated rings. The maximum Gasteiger partial charge on any atom is 0.334 e. The normalized spacial score (nSPS) is 19.8. The molecule has 18 heavy (non-hydrogen) atoms. The van der Waals surface area contributed by atoms with Crippen molar-refractivity contribution in [2.45, 2.75) is 19.3 Å². The van der Waals surface area contributed by atoms with Gasteiger partial charge < -0.3 is 9.84 Å². The summed E-state index contributed by atoms with van der Waals surface area (Å²) in [6.07, 6.45) is 0.561. The first-order chi connectivity index (χ1) is 8.30. The number of carbonyl (C=O) groups excluding carboxylic acids is 1. The molecule has 0 bridgehead atoms. The first kappa shape index (κ1) is 14.6. The van der Waals surface area contributed by atoms with E-state index in [1.165, 1.54) is 11.8 Å². The third-order valence-corrected chi connectivity index (χ3v) is 2.55. The Hall–Kier alpha value is -1.50. The van der Waals surface area contributed by atoms with Crippen molar-refractivity contribution in [3.63, 3.8) is 0 Å². The molecule has 0 saturated carbocycles. The van der Waals surface area contributed by atoms with Gasteiger partial charge in [-0.05, 0) is 6.92 Å². The van der Waals surface area contributed by atoms with Gasteiger partial charge in [0.1, 0.15) is 6.61 Å². The summed E-state index contributed by atoms with van der Waals surface area (Å²) in [5.41, 5.74) is -0.0331. The number of rotatable bonds is 5. The van der Waals surface area contributed by atoms with Gasteiger partial charge in [0, 0.05) is 31.2 Å². The molecule has 0 aliphatic carbocycles. The molecule has 0 atom stereocenters. The van der Waals surface area contributed by atoms with E-state index in [9.17, 15) is 18.4 Å². The Morgan fingerprint density at radius 2 is 2.17 bits per heavy atom. The molecular weight excluding hydrogens is 248 g/mol. The lowest BCUT2D eigenvalue weighted by atomic mass is 10.3. The predicted molar refractivity (Wildman–Crippen MR) is 58.4 cm³/mol. The molecule has 0 aromatic rings. The molecule has 1 aliphatic heterocycles. The highest BCUT2D eigenvalue weighted by atomic mass is 19.3. The van der Waals surface area contributed by atoms with Gasteiger partial charge >= 0.3 is 11.9 Å². The highest BCUT2D eigenvalue weighted by Crippen LogP contribution is 2.26. The van der Waals surface area contributed by atoms with Gasteiger partial charge in [0.25, 0.3) is 5.92 Å². The molecule has 102 valence electrons. The van der Waals surface area contributed by atoms with Crippen molar-refractivity contribution in [1.82, 2.24) is 4.90 Å². The fourth-order valence-electron chi connectivity index (χ4n) is 1.62. The maximum absolute atomic E-state index is 12.8. The van der Waals surface area contributed by atoms with Crippen LogP contribution in [0.15, 0.2) is 11.6 Å². The van der Waals surface area contributed by atoms with Crippen LogP contribution in [-0.2, 0) is 14.3 Å². The standard InChI is InChI=1S/C11H15F2NO4/c1-8(6-9(15)16)10(17)18-5-4-14-3-2-11(12,13)7-14/h6H,2-5,7H2,1H3,(H,15,16)/b8-6+. The molecule has 5 nitrogen and oxygen atoms in total. The number of likely N-dealkylation sites (tertiary alicyclic amines) is 1. The molecule has 0 spiro atoms. The Bertz CT molecular complexity index is 368. The number of aliphatic carboxylic acids is 1. The van der Waals surface area contributed by atoms with Crippen LogP contribution in [0.1, 0.15) is 13.3 Å². The number of carboxylic acids is 1. The van der Waals surface area contributed by atoms with E-state index in [4.69, 9.17) is 9.84 Å². The van der Waals surface area contributed by atoms with Crippen molar-refractivity contribution in [3.05, 3.63) is 11.6 Å². The monoisotopic (exact) mass is 263 g/mol. The van der Waals surface area contributed by atoms with Crippen molar-refractivity contribution >= 4 is 11.9 Å². The minimum Gasteiger partial charge on any atom is -0.478 e. The maximum atomic E-state index is 12.8. The van der Waals surface area contributed by atoms with Crippen molar-refractivity contribution in [2.24, 2.45) is 0 Å². The Morgan fingerprint density at radius 1 is 1.50 bits per heavy atom. The van der Waals surface area contributed by atoms with Crippen LogP contribution in [-0.4, -0.2) is 54.1 Å². The molecule has 1 saturated heterocycles. The van der Waals surface area contributed by atoms with Crippen LogP contribution in [0.2, 0.25) is 0 Å². The summed E-state index contributed by atoms with van der Waals surface area (Å²) in [5, 5.41) is 8.41. The third-order valence-electron chi connectivity index (χ3n) is 2.55. The molecule has 1 heterocycles. The molecule has 7 heteroatoms. The van der Waals surface area contributed by atoms with Crippen LogP contribution in [0.4, 0.5) is 8.78 Å². The average Bonchev–Trinajstić information content (AvgIpc) is 2.57. The van der Waals surface area contributed by atoms with Gasteiger partial charge in [0.05, 0.1) is 6.54 Å². The topological polar surface area (TPSA) is 66.8 Å². The number of carbonyl (C=O) groups is 2. The molecule has 0 unspecified atom stereocenters. The summed E-state index contributed by atoms with van der Waals surface area (Å²) in [5.74, 6) is -4.64. The second-order valence-electron chi connectivity index (χ2n) is 4.18. The molecule has 0 aromatic carbocycles. The summed E-state index contributed by atoms with van der Waals surface area (Å²) < 4.78 is 30.4. The lowest BCUT2D eigenvalue weighted by Gasteiger charge is -2.15. The third kappa shape index (κ3) is 4.79. The van der Waals surface area contributed by atoms with Crippen molar-refractivity contribution in [1.29, 1.82) is 0 Å². The van der Waals surface area contributed by atoms with Gasteiger partial charge in [0.15, 0.2) is 0 Å². The number of hydrogen-bond acceptors (Lipinski definition) is 4. The van der Waals surface area contributed by atoms with Gasteiger partial charge in [0.2, 0.25) is 0 Å². The first-order valence-electron chi connectivity index (χ1n) is 5.49. The number of ether oxygens (including phenoxy) is 1. The van der Waals surface area contributed by atoms with E-state index in [0.29, 0.717) is 0 Å². The van der Waals surface area contributed by atoms with Gasteiger partial charge in [-0.25, -0.2) is 18.4 Å². The quantitative estimate of drug-likeness (QED) is 0.589. The zero-order valence-electron chi connectivity index (χ0n) is 9.99. The van der Waals surface area contributed by atoms with E-state index >= 15 is 0 Å². The number of alkyl halides is 2. The van der Waals surface area contributed by atoms with E-state index in [1.54, 1.807) is 0 Å². The van der Waals surface area contributed by atoms with E-state index < -0.39 is 17.9 Å². The van der Waals surface area contributed by atoms with Gasteiger partial charge in [-0.15, -0.1) is 0 Å². The highest BCUT2D eigenvalue weighted by Gasteiger charge is 2.37. The Labute approximate surface area is 103 Å². The second kappa shape index (κ2) is 5.90. The summed E-state index contributed by atoms with van der Waals surface area (Å²) >= 11 is 0. The number of nitrogens with zero attached hydrogens (tertiary/aromatic N) is 1. The summed E-state index contributed by atoms with van der Waals surface area (Å²) in [4.78, 5) is 23.1. The van der Waals surface area contributed by atoms with Crippen LogP contribution in [0.25, 0.3) is 0 Å². The summed E-state index contributed by atoms with van der Waals surface area (Å²) in [6.45, 7) is 1.46. The Balaban J connectivity index is 2.26. The van der Waals surface area contributed by atoms with Crippen LogP contribution >= 0.6 is 0 Å². The van der Waals surface area contributed by atoms with Gasteiger partial charge in [-0.1, -0.05) is 0 Å². The lowest BCUT2D eigenvalue weighted by molar-refractivity contribution is -0.140. The number of carboxylic acid groups (broad SMARTS) is 1. The van der Waals surface area contributed by atoms with Crippen molar-refractivity contribution in [3.8, 4) is 0 Å². The average molecular weight is 263 g/mol. The molecule has 1 rings (SSSR count). The zero-order valence-corrected chi connectivity index (χ0v) is 9.99. The molecular formula is C11H15F2NO4.